The van der Waals surface area contributed by atoms with Crippen molar-refractivity contribution in [2.24, 2.45) is 5.92 Å². The zero-order chi connectivity index (χ0) is 13.8. The van der Waals surface area contributed by atoms with E-state index in [1.165, 1.54) is 64.3 Å². The number of nitrogens with zero attached hydrogens (tertiary/aromatic N) is 1. The molecule has 1 aliphatic heterocycles. The van der Waals surface area contributed by atoms with E-state index in [0.717, 1.165) is 32.2 Å². The largest absolute Gasteiger partial charge is 0.379 e. The highest BCUT2D eigenvalue weighted by Gasteiger charge is 2.13. The Morgan fingerprint density at radius 1 is 0.842 bits per heavy atom. The van der Waals surface area contributed by atoms with E-state index < -0.39 is 0 Å². The van der Waals surface area contributed by atoms with Crippen LogP contribution in [-0.2, 0) is 4.74 Å². The number of rotatable bonds is 11. The summed E-state index contributed by atoms with van der Waals surface area (Å²) >= 11 is 0. The predicted molar refractivity (Wildman–Crippen MR) is 83.7 cm³/mol. The second-order valence-electron chi connectivity index (χ2n) is 6.10. The van der Waals surface area contributed by atoms with Gasteiger partial charge in [-0.15, -0.1) is 0 Å². The van der Waals surface area contributed by atoms with Crippen LogP contribution in [0.2, 0.25) is 0 Å². The second kappa shape index (κ2) is 11.7. The molecule has 1 heterocycles. The third-order valence-corrected chi connectivity index (χ3v) is 4.39. The molecule has 19 heavy (non-hydrogen) atoms. The fourth-order valence-corrected chi connectivity index (χ4v) is 2.98. The third-order valence-electron chi connectivity index (χ3n) is 4.39. The fraction of sp³-hybridized carbons (Fsp3) is 1.00. The van der Waals surface area contributed by atoms with Gasteiger partial charge in [0.1, 0.15) is 0 Å². The minimum atomic E-state index is 0.941. The molecule has 1 fully saturated rings. The maximum atomic E-state index is 5.42. The first kappa shape index (κ1) is 17.0. The van der Waals surface area contributed by atoms with Crippen molar-refractivity contribution in [3.63, 3.8) is 0 Å². The van der Waals surface area contributed by atoms with E-state index in [2.05, 4.69) is 18.7 Å². The number of unbranched alkanes of at least 4 members (excludes halogenated alkanes) is 4. The summed E-state index contributed by atoms with van der Waals surface area (Å²) in [5, 5.41) is 0. The van der Waals surface area contributed by atoms with Gasteiger partial charge in [-0.25, -0.2) is 0 Å². The summed E-state index contributed by atoms with van der Waals surface area (Å²) in [5.74, 6) is 0.972. The van der Waals surface area contributed by atoms with Crippen molar-refractivity contribution in [1.29, 1.82) is 0 Å². The molecule has 0 amide bonds. The number of hydrogen-bond donors (Lipinski definition) is 0. The Labute approximate surface area is 120 Å². The van der Waals surface area contributed by atoms with Crippen LogP contribution in [0.25, 0.3) is 0 Å². The first-order valence-electron chi connectivity index (χ1n) is 8.66. The van der Waals surface area contributed by atoms with Crippen LogP contribution in [0.3, 0.4) is 0 Å². The lowest BCUT2D eigenvalue weighted by Crippen LogP contribution is -2.37. The van der Waals surface area contributed by atoms with Crippen LogP contribution in [0.1, 0.15) is 71.6 Å². The van der Waals surface area contributed by atoms with Gasteiger partial charge in [-0.2, -0.15) is 0 Å². The lowest BCUT2D eigenvalue weighted by molar-refractivity contribution is 0.0349. The predicted octanol–water partition coefficient (Wildman–Crippen LogP) is 4.49. The smallest absolute Gasteiger partial charge is 0.0594 e. The first-order chi connectivity index (χ1) is 9.36. The quantitative estimate of drug-likeness (QED) is 0.513. The highest BCUT2D eigenvalue weighted by atomic mass is 16.5. The van der Waals surface area contributed by atoms with Gasteiger partial charge in [-0.1, -0.05) is 65.2 Å². The Kier molecular flexibility index (Phi) is 10.5. The molecule has 2 nitrogen and oxygen atoms in total. The van der Waals surface area contributed by atoms with Crippen LogP contribution in [0.4, 0.5) is 0 Å². The van der Waals surface area contributed by atoms with Gasteiger partial charge in [0.25, 0.3) is 0 Å². The van der Waals surface area contributed by atoms with Crippen LogP contribution in [-0.4, -0.2) is 37.7 Å². The van der Waals surface area contributed by atoms with Crippen LogP contribution >= 0.6 is 0 Å². The SMILES string of the molecule is CCCCCCC(CCCC)CCN1CCOCC1. The monoisotopic (exact) mass is 269 g/mol. The highest BCUT2D eigenvalue weighted by Crippen LogP contribution is 2.21. The minimum Gasteiger partial charge on any atom is -0.379 e. The van der Waals surface area contributed by atoms with E-state index >= 15 is 0 Å². The van der Waals surface area contributed by atoms with Crippen molar-refractivity contribution in [1.82, 2.24) is 4.90 Å². The Morgan fingerprint density at radius 3 is 2.21 bits per heavy atom. The summed E-state index contributed by atoms with van der Waals surface area (Å²) < 4.78 is 5.42. The molecule has 0 aliphatic carbocycles. The van der Waals surface area contributed by atoms with Crippen LogP contribution in [0.5, 0.6) is 0 Å². The Balaban J connectivity index is 2.15. The molecule has 0 radical (unpaired) electrons. The van der Waals surface area contributed by atoms with Gasteiger partial charge >= 0.3 is 0 Å². The van der Waals surface area contributed by atoms with Gasteiger partial charge in [0.15, 0.2) is 0 Å². The van der Waals surface area contributed by atoms with E-state index in [0.29, 0.717) is 0 Å². The number of hydrogen-bond acceptors (Lipinski definition) is 2. The van der Waals surface area contributed by atoms with Gasteiger partial charge in [0.2, 0.25) is 0 Å². The van der Waals surface area contributed by atoms with Crippen molar-refractivity contribution in [3.8, 4) is 0 Å². The average molecular weight is 269 g/mol. The molecule has 0 N–H and O–H groups in total. The molecule has 0 aromatic heterocycles. The molecule has 1 saturated heterocycles. The summed E-state index contributed by atoms with van der Waals surface area (Å²) in [7, 11) is 0. The maximum Gasteiger partial charge on any atom is 0.0594 e. The molecule has 114 valence electrons. The zero-order valence-electron chi connectivity index (χ0n) is 13.3. The normalized spacial score (nSPS) is 18.6. The van der Waals surface area contributed by atoms with Crippen LogP contribution in [0, 0.1) is 5.92 Å². The van der Waals surface area contributed by atoms with Crippen molar-refractivity contribution >= 4 is 0 Å². The molecule has 0 aromatic rings. The summed E-state index contributed by atoms with van der Waals surface area (Å²) in [6.07, 6.45) is 12.8. The van der Waals surface area contributed by atoms with Gasteiger partial charge in [0.05, 0.1) is 13.2 Å². The van der Waals surface area contributed by atoms with Crippen molar-refractivity contribution in [2.75, 3.05) is 32.8 Å². The van der Waals surface area contributed by atoms with E-state index in [1.54, 1.807) is 0 Å². The third kappa shape index (κ3) is 8.65. The second-order valence-corrected chi connectivity index (χ2v) is 6.10. The molecular weight excluding hydrogens is 234 g/mol. The molecular formula is C17H35NO. The molecule has 1 rings (SSSR count). The van der Waals surface area contributed by atoms with Crippen molar-refractivity contribution < 1.29 is 4.74 Å². The molecule has 0 spiro atoms. The molecule has 0 saturated carbocycles. The van der Waals surface area contributed by atoms with Gasteiger partial charge in [-0.05, 0) is 18.9 Å². The van der Waals surface area contributed by atoms with Gasteiger partial charge in [-0.3, -0.25) is 4.90 Å². The minimum absolute atomic E-state index is 0.941. The molecule has 2 heteroatoms. The van der Waals surface area contributed by atoms with E-state index in [9.17, 15) is 0 Å². The Morgan fingerprint density at radius 2 is 1.53 bits per heavy atom. The van der Waals surface area contributed by atoms with Crippen molar-refractivity contribution in [3.05, 3.63) is 0 Å². The summed E-state index contributed by atoms with van der Waals surface area (Å²) in [5.41, 5.74) is 0. The molecule has 0 aromatic carbocycles. The molecule has 1 atom stereocenters. The first-order valence-corrected chi connectivity index (χ1v) is 8.66. The maximum absolute atomic E-state index is 5.42. The van der Waals surface area contributed by atoms with E-state index in [4.69, 9.17) is 4.74 Å². The lowest BCUT2D eigenvalue weighted by atomic mass is 9.92. The lowest BCUT2D eigenvalue weighted by Gasteiger charge is -2.28. The zero-order valence-corrected chi connectivity index (χ0v) is 13.3. The Bertz CT molecular complexity index is 190. The Hall–Kier alpha value is -0.0800. The van der Waals surface area contributed by atoms with Gasteiger partial charge < -0.3 is 4.74 Å². The summed E-state index contributed by atoms with van der Waals surface area (Å²) in [6, 6.07) is 0. The fourth-order valence-electron chi connectivity index (χ4n) is 2.98. The van der Waals surface area contributed by atoms with E-state index in [1.807, 2.05) is 0 Å². The topological polar surface area (TPSA) is 12.5 Å². The van der Waals surface area contributed by atoms with Gasteiger partial charge in [0, 0.05) is 13.1 Å². The van der Waals surface area contributed by atoms with Crippen molar-refractivity contribution in [2.45, 2.75) is 71.6 Å². The highest BCUT2D eigenvalue weighted by molar-refractivity contribution is 4.67. The number of morpholine rings is 1. The summed E-state index contributed by atoms with van der Waals surface area (Å²) in [4.78, 5) is 2.59. The van der Waals surface area contributed by atoms with Crippen LogP contribution in [0.15, 0.2) is 0 Å². The molecule has 1 unspecified atom stereocenters. The van der Waals surface area contributed by atoms with E-state index in [-0.39, 0.29) is 0 Å². The molecule has 1 aliphatic rings. The van der Waals surface area contributed by atoms with Crippen LogP contribution < -0.4 is 0 Å². The summed E-state index contributed by atoms with van der Waals surface area (Å²) in [6.45, 7) is 10.1. The number of ether oxygens (including phenoxy) is 1. The molecule has 0 bridgehead atoms. The standard InChI is InChI=1S/C17H35NO/c1-3-5-7-8-10-17(9-6-4-2)11-12-18-13-15-19-16-14-18/h17H,3-16H2,1-2H3. The average Bonchev–Trinajstić information content (AvgIpc) is 2.46.